The smallest absolute Gasteiger partial charge is 0.309 e. The fourth-order valence-corrected chi connectivity index (χ4v) is 10.6. The SMILES string of the molecule is COC(=O)CC(C)(O)CC(=O)OC1CCC2(C)C3=C(CCC2C1(C)C)C1(C)C(O)CC(C(CCC=C(C)C)C(=O)O)C1(C)CC3. The Morgan fingerprint density at radius 2 is 1.64 bits per heavy atom. The van der Waals surface area contributed by atoms with Crippen molar-refractivity contribution in [1.29, 1.82) is 0 Å². The summed E-state index contributed by atoms with van der Waals surface area (Å²) in [5, 5.41) is 32.8. The van der Waals surface area contributed by atoms with Crippen molar-refractivity contribution in [1.82, 2.24) is 0 Å². The lowest BCUT2D eigenvalue weighted by atomic mass is 9.43. The zero-order chi connectivity index (χ0) is 33.8. The molecule has 4 aliphatic carbocycles. The molecule has 254 valence electrons. The quantitative estimate of drug-likeness (QED) is 0.178. The summed E-state index contributed by atoms with van der Waals surface area (Å²) in [6.07, 6.45) is 7.51. The van der Waals surface area contributed by atoms with E-state index in [1.54, 1.807) is 0 Å². The average molecular weight is 631 g/mol. The van der Waals surface area contributed by atoms with Crippen LogP contribution in [0.15, 0.2) is 22.8 Å². The Kier molecular flexibility index (Phi) is 9.86. The second-order valence-corrected chi connectivity index (χ2v) is 16.5. The fraction of sp³-hybridized carbons (Fsp3) is 0.811. The number of carboxylic acid groups (broad SMARTS) is 1. The number of carbonyl (C=O) groups excluding carboxylic acids is 2. The molecule has 9 unspecified atom stereocenters. The maximum Gasteiger partial charge on any atom is 0.309 e. The van der Waals surface area contributed by atoms with E-state index >= 15 is 0 Å². The molecule has 9 atom stereocenters. The topological polar surface area (TPSA) is 130 Å². The Morgan fingerprint density at radius 3 is 2.24 bits per heavy atom. The van der Waals surface area contributed by atoms with E-state index in [-0.39, 0.29) is 47.0 Å². The largest absolute Gasteiger partial charge is 0.481 e. The van der Waals surface area contributed by atoms with Gasteiger partial charge in [0.1, 0.15) is 6.10 Å². The van der Waals surface area contributed by atoms with Crippen molar-refractivity contribution in [2.24, 2.45) is 39.4 Å². The van der Waals surface area contributed by atoms with Crippen molar-refractivity contribution in [2.45, 2.75) is 144 Å². The maximum absolute atomic E-state index is 13.0. The summed E-state index contributed by atoms with van der Waals surface area (Å²) in [4.78, 5) is 37.4. The van der Waals surface area contributed by atoms with Gasteiger partial charge in [-0.3, -0.25) is 14.4 Å². The van der Waals surface area contributed by atoms with Crippen LogP contribution in [-0.4, -0.2) is 58.1 Å². The highest BCUT2D eigenvalue weighted by molar-refractivity contribution is 5.75. The third-order valence-corrected chi connectivity index (χ3v) is 13.2. The average Bonchev–Trinajstić information content (AvgIpc) is 3.13. The molecule has 0 aromatic rings. The van der Waals surface area contributed by atoms with Crippen molar-refractivity contribution >= 4 is 17.9 Å². The van der Waals surface area contributed by atoms with Gasteiger partial charge in [0.15, 0.2) is 0 Å². The summed E-state index contributed by atoms with van der Waals surface area (Å²) < 4.78 is 10.7. The lowest BCUT2D eigenvalue weighted by molar-refractivity contribution is -0.175. The van der Waals surface area contributed by atoms with Crippen LogP contribution in [0.5, 0.6) is 0 Å². The molecule has 2 saturated carbocycles. The first-order valence-electron chi connectivity index (χ1n) is 17.0. The van der Waals surface area contributed by atoms with Gasteiger partial charge in [0, 0.05) is 10.8 Å². The molecule has 45 heavy (non-hydrogen) atoms. The molecule has 4 aliphatic rings. The van der Waals surface area contributed by atoms with Crippen LogP contribution in [-0.2, 0) is 23.9 Å². The molecule has 0 saturated heterocycles. The lowest BCUT2D eigenvalue weighted by Gasteiger charge is -2.62. The third-order valence-electron chi connectivity index (χ3n) is 13.2. The van der Waals surface area contributed by atoms with E-state index in [0.29, 0.717) is 19.3 Å². The Morgan fingerprint density at radius 1 is 1.00 bits per heavy atom. The zero-order valence-electron chi connectivity index (χ0n) is 29.1. The molecule has 8 heteroatoms. The van der Waals surface area contributed by atoms with Crippen molar-refractivity contribution < 1.29 is 39.2 Å². The highest BCUT2D eigenvalue weighted by atomic mass is 16.5. The molecule has 2 fully saturated rings. The van der Waals surface area contributed by atoms with Gasteiger partial charge in [-0.1, -0.05) is 57.4 Å². The Balaban J connectivity index is 1.59. The molecule has 0 radical (unpaired) electrons. The highest BCUT2D eigenvalue weighted by Crippen LogP contribution is 2.72. The van der Waals surface area contributed by atoms with Crippen LogP contribution in [0, 0.1) is 39.4 Å². The van der Waals surface area contributed by atoms with Crippen LogP contribution in [0.4, 0.5) is 0 Å². The second kappa shape index (κ2) is 12.4. The number of esters is 2. The number of carbonyl (C=O) groups is 3. The van der Waals surface area contributed by atoms with Gasteiger partial charge >= 0.3 is 17.9 Å². The minimum absolute atomic E-state index is 0.0943. The van der Waals surface area contributed by atoms with Crippen LogP contribution >= 0.6 is 0 Å². The number of aliphatic hydroxyl groups is 2. The van der Waals surface area contributed by atoms with Gasteiger partial charge in [-0.25, -0.2) is 0 Å². The molecule has 0 bridgehead atoms. The first-order chi connectivity index (χ1) is 20.7. The molecule has 0 aliphatic heterocycles. The number of carboxylic acids is 1. The number of rotatable bonds is 10. The van der Waals surface area contributed by atoms with Crippen molar-refractivity contribution in [3.05, 3.63) is 22.8 Å². The van der Waals surface area contributed by atoms with Crippen molar-refractivity contribution in [3.63, 3.8) is 0 Å². The number of fused-ring (bicyclic) bond motifs is 4. The van der Waals surface area contributed by atoms with Gasteiger partial charge in [0.25, 0.3) is 0 Å². The predicted octanol–water partition coefficient (Wildman–Crippen LogP) is 6.77. The van der Waals surface area contributed by atoms with Crippen molar-refractivity contribution in [3.8, 4) is 0 Å². The number of hydrogen-bond acceptors (Lipinski definition) is 7. The summed E-state index contributed by atoms with van der Waals surface area (Å²) in [6, 6.07) is 0. The van der Waals surface area contributed by atoms with E-state index < -0.39 is 40.9 Å². The molecule has 4 rings (SSSR count). The Bertz CT molecular complexity index is 1240. The molecule has 3 N–H and O–H groups in total. The fourth-order valence-electron chi connectivity index (χ4n) is 10.6. The zero-order valence-corrected chi connectivity index (χ0v) is 29.1. The summed E-state index contributed by atoms with van der Waals surface area (Å²) >= 11 is 0. The summed E-state index contributed by atoms with van der Waals surface area (Å²) in [5.74, 6) is -2.18. The molecular formula is C37H58O8. The Hall–Kier alpha value is -2.19. The van der Waals surface area contributed by atoms with E-state index in [2.05, 4.69) is 45.4 Å². The minimum Gasteiger partial charge on any atom is -0.481 e. The first-order valence-corrected chi connectivity index (χ1v) is 17.0. The third kappa shape index (κ3) is 6.15. The molecule has 0 heterocycles. The predicted molar refractivity (Wildman–Crippen MR) is 172 cm³/mol. The van der Waals surface area contributed by atoms with Gasteiger partial charge < -0.3 is 24.8 Å². The number of methoxy groups -OCH3 is 1. The van der Waals surface area contributed by atoms with Crippen LogP contribution in [0.2, 0.25) is 0 Å². The number of aliphatic carboxylic acids is 1. The molecule has 0 amide bonds. The molecular weight excluding hydrogens is 572 g/mol. The number of hydrogen-bond donors (Lipinski definition) is 3. The summed E-state index contributed by atoms with van der Waals surface area (Å²) in [6.45, 7) is 16.7. The van der Waals surface area contributed by atoms with Gasteiger partial charge in [0.05, 0.1) is 37.6 Å². The molecule has 0 aromatic heterocycles. The van der Waals surface area contributed by atoms with Crippen LogP contribution in [0.3, 0.4) is 0 Å². The van der Waals surface area contributed by atoms with Gasteiger partial charge in [0.2, 0.25) is 0 Å². The number of aliphatic hydroxyl groups excluding tert-OH is 1. The molecule has 8 nitrogen and oxygen atoms in total. The summed E-state index contributed by atoms with van der Waals surface area (Å²) in [5.41, 5.74) is 1.20. The van der Waals surface area contributed by atoms with Gasteiger partial charge in [-0.2, -0.15) is 0 Å². The first kappa shape index (κ1) is 35.7. The van der Waals surface area contributed by atoms with E-state index in [1.807, 2.05) is 13.8 Å². The van der Waals surface area contributed by atoms with Crippen LogP contribution < -0.4 is 0 Å². The van der Waals surface area contributed by atoms with Crippen LogP contribution in [0.25, 0.3) is 0 Å². The normalized spacial score (nSPS) is 37.3. The lowest BCUT2D eigenvalue weighted by Crippen LogP contribution is -2.57. The highest BCUT2D eigenvalue weighted by Gasteiger charge is 2.67. The minimum atomic E-state index is -1.54. The second-order valence-electron chi connectivity index (χ2n) is 16.5. The molecule has 0 aromatic carbocycles. The van der Waals surface area contributed by atoms with Gasteiger partial charge in [-0.05, 0) is 101 Å². The van der Waals surface area contributed by atoms with E-state index in [1.165, 1.54) is 30.8 Å². The maximum atomic E-state index is 13.0. The van der Waals surface area contributed by atoms with E-state index in [9.17, 15) is 29.7 Å². The van der Waals surface area contributed by atoms with Gasteiger partial charge in [-0.15, -0.1) is 0 Å². The number of allylic oxidation sites excluding steroid dienone is 3. The number of ether oxygens (including phenoxy) is 2. The van der Waals surface area contributed by atoms with Crippen LogP contribution in [0.1, 0.15) is 126 Å². The standard InChI is InChI=1S/C37H58O8/c1-22(2)11-10-12-23(32(41)42)26-19-28(38)37(8)25-13-14-27-33(3,4)29(45-31(40)21-34(5,43)20-30(39)44-9)16-17-35(27,6)24(25)15-18-36(26,37)7/h11,23,26-29,38,43H,10,12-21H2,1-9H3,(H,41,42). The van der Waals surface area contributed by atoms with E-state index in [4.69, 9.17) is 4.74 Å². The summed E-state index contributed by atoms with van der Waals surface area (Å²) in [7, 11) is 1.25. The van der Waals surface area contributed by atoms with E-state index in [0.717, 1.165) is 38.5 Å². The molecule has 0 spiro atoms. The van der Waals surface area contributed by atoms with Crippen molar-refractivity contribution in [2.75, 3.05) is 7.11 Å². The monoisotopic (exact) mass is 630 g/mol. The Labute approximate surface area is 270 Å².